The van der Waals surface area contributed by atoms with Crippen molar-refractivity contribution in [2.45, 2.75) is 13.0 Å². The third-order valence-electron chi connectivity index (χ3n) is 2.89. The average molecular weight is 404 g/mol. The van der Waals surface area contributed by atoms with E-state index in [1.807, 2.05) is 30.3 Å². The summed E-state index contributed by atoms with van der Waals surface area (Å²) in [6.45, 7) is 2.96. The number of rotatable bonds is 4. The monoisotopic (exact) mass is 401 g/mol. The summed E-state index contributed by atoms with van der Waals surface area (Å²) in [6.07, 6.45) is 0. The Kier molecular flexibility index (Phi) is 5.46. The van der Waals surface area contributed by atoms with Gasteiger partial charge in [-0.25, -0.2) is 0 Å². The summed E-state index contributed by atoms with van der Waals surface area (Å²) in [6, 6.07) is 14.2. The Bertz CT molecular complexity index is 572. The average Bonchev–Trinajstić information content (AvgIpc) is 2.40. The van der Waals surface area contributed by atoms with E-state index in [0.29, 0.717) is 0 Å². The van der Waals surface area contributed by atoms with Gasteiger partial charge in [0, 0.05) is 14.0 Å². The molecular formula is C15H14Br2ClN. The summed E-state index contributed by atoms with van der Waals surface area (Å²) in [5.74, 6) is 0. The second kappa shape index (κ2) is 6.89. The van der Waals surface area contributed by atoms with Crippen molar-refractivity contribution in [3.63, 3.8) is 0 Å². The van der Waals surface area contributed by atoms with Gasteiger partial charge in [0.2, 0.25) is 0 Å². The van der Waals surface area contributed by atoms with E-state index >= 15 is 0 Å². The predicted octanol–water partition coefficient (Wildman–Crippen LogP) is 5.56. The van der Waals surface area contributed by atoms with Crippen molar-refractivity contribution >= 4 is 43.5 Å². The van der Waals surface area contributed by atoms with Crippen molar-refractivity contribution < 1.29 is 0 Å². The highest BCUT2D eigenvalue weighted by molar-refractivity contribution is 9.11. The van der Waals surface area contributed by atoms with Gasteiger partial charge < -0.3 is 5.32 Å². The summed E-state index contributed by atoms with van der Waals surface area (Å²) < 4.78 is 2.13. The second-order valence-corrected chi connectivity index (χ2v) is 6.36. The zero-order valence-electron chi connectivity index (χ0n) is 10.5. The van der Waals surface area contributed by atoms with Crippen molar-refractivity contribution in [1.29, 1.82) is 0 Å². The molecular weight excluding hydrogens is 389 g/mol. The largest absolute Gasteiger partial charge is 0.306 e. The molecule has 0 aromatic heterocycles. The first-order chi connectivity index (χ1) is 9.13. The van der Waals surface area contributed by atoms with E-state index in [1.165, 1.54) is 5.56 Å². The highest BCUT2D eigenvalue weighted by Crippen LogP contribution is 2.33. The molecule has 1 nitrogen and oxygen atoms in total. The SMILES string of the molecule is CCNC(c1ccccc1Cl)c1cc(Br)ccc1Br. The molecule has 2 rings (SSSR count). The van der Waals surface area contributed by atoms with E-state index in [9.17, 15) is 0 Å². The first kappa shape index (κ1) is 15.0. The molecule has 0 fully saturated rings. The van der Waals surface area contributed by atoms with E-state index in [1.54, 1.807) is 0 Å². The lowest BCUT2D eigenvalue weighted by molar-refractivity contribution is 0.628. The number of halogens is 3. The zero-order valence-corrected chi connectivity index (χ0v) is 14.4. The fraction of sp³-hybridized carbons (Fsp3) is 0.200. The van der Waals surface area contributed by atoms with Crippen LogP contribution in [0.2, 0.25) is 5.02 Å². The van der Waals surface area contributed by atoms with Gasteiger partial charge in [-0.15, -0.1) is 0 Å². The van der Waals surface area contributed by atoms with E-state index in [4.69, 9.17) is 11.6 Å². The summed E-state index contributed by atoms with van der Waals surface area (Å²) >= 11 is 13.5. The standard InChI is InChI=1S/C15H14Br2ClN/c1-2-19-15(11-5-3-4-6-14(11)18)12-9-10(16)7-8-13(12)17/h3-9,15,19H,2H2,1H3. The zero-order chi connectivity index (χ0) is 13.8. The molecule has 100 valence electrons. The van der Waals surface area contributed by atoms with Gasteiger partial charge in [0.15, 0.2) is 0 Å². The first-order valence-corrected chi connectivity index (χ1v) is 8.02. The minimum atomic E-state index is 0.0746. The van der Waals surface area contributed by atoms with Crippen LogP contribution in [0, 0.1) is 0 Å². The van der Waals surface area contributed by atoms with Gasteiger partial charge in [0.05, 0.1) is 6.04 Å². The quantitative estimate of drug-likeness (QED) is 0.704. The van der Waals surface area contributed by atoms with Crippen LogP contribution in [0.4, 0.5) is 0 Å². The molecule has 2 aromatic carbocycles. The molecule has 0 aliphatic carbocycles. The Hall–Kier alpha value is -0.350. The molecule has 0 heterocycles. The maximum absolute atomic E-state index is 6.33. The molecule has 0 saturated carbocycles. The topological polar surface area (TPSA) is 12.0 Å². The van der Waals surface area contributed by atoms with E-state index in [2.05, 4.69) is 56.2 Å². The first-order valence-electron chi connectivity index (χ1n) is 6.06. The Balaban J connectivity index is 2.51. The molecule has 0 bridgehead atoms. The van der Waals surface area contributed by atoms with Gasteiger partial charge in [-0.3, -0.25) is 0 Å². The maximum Gasteiger partial charge on any atom is 0.0602 e. The van der Waals surface area contributed by atoms with Gasteiger partial charge in [0.25, 0.3) is 0 Å². The highest BCUT2D eigenvalue weighted by Gasteiger charge is 2.18. The Labute approximate surface area is 135 Å². The van der Waals surface area contributed by atoms with Crippen molar-refractivity contribution in [2.24, 2.45) is 0 Å². The van der Waals surface area contributed by atoms with E-state index in [-0.39, 0.29) is 6.04 Å². The van der Waals surface area contributed by atoms with Crippen molar-refractivity contribution in [1.82, 2.24) is 5.32 Å². The molecule has 1 N–H and O–H groups in total. The third-order valence-corrected chi connectivity index (χ3v) is 4.45. The van der Waals surface area contributed by atoms with Crippen molar-refractivity contribution in [3.8, 4) is 0 Å². The Morgan fingerprint density at radius 3 is 2.53 bits per heavy atom. The van der Waals surface area contributed by atoms with Crippen LogP contribution >= 0.6 is 43.5 Å². The minimum absolute atomic E-state index is 0.0746. The molecule has 4 heteroatoms. The van der Waals surface area contributed by atoms with Crippen molar-refractivity contribution in [2.75, 3.05) is 6.54 Å². The number of hydrogen-bond donors (Lipinski definition) is 1. The molecule has 0 saturated heterocycles. The molecule has 0 amide bonds. The number of hydrogen-bond acceptors (Lipinski definition) is 1. The summed E-state index contributed by atoms with van der Waals surface area (Å²) in [4.78, 5) is 0. The van der Waals surface area contributed by atoms with Gasteiger partial charge in [-0.05, 0) is 41.9 Å². The van der Waals surface area contributed by atoms with Crippen LogP contribution in [-0.2, 0) is 0 Å². The van der Waals surface area contributed by atoms with Crippen LogP contribution in [0.5, 0.6) is 0 Å². The predicted molar refractivity (Wildman–Crippen MR) is 88.8 cm³/mol. The lowest BCUT2D eigenvalue weighted by Crippen LogP contribution is -2.22. The lowest BCUT2D eigenvalue weighted by atomic mass is 9.98. The maximum atomic E-state index is 6.33. The van der Waals surface area contributed by atoms with Crippen LogP contribution < -0.4 is 5.32 Å². The molecule has 0 spiro atoms. The van der Waals surface area contributed by atoms with E-state index < -0.39 is 0 Å². The molecule has 19 heavy (non-hydrogen) atoms. The lowest BCUT2D eigenvalue weighted by Gasteiger charge is -2.21. The minimum Gasteiger partial charge on any atom is -0.306 e. The molecule has 0 radical (unpaired) electrons. The fourth-order valence-electron chi connectivity index (χ4n) is 2.04. The fourth-order valence-corrected chi connectivity index (χ4v) is 3.14. The third kappa shape index (κ3) is 3.60. The number of nitrogens with one attached hydrogen (secondary N) is 1. The molecule has 2 aromatic rings. The number of benzene rings is 2. The normalized spacial score (nSPS) is 12.4. The smallest absolute Gasteiger partial charge is 0.0602 e. The Morgan fingerprint density at radius 1 is 1.11 bits per heavy atom. The van der Waals surface area contributed by atoms with Crippen molar-refractivity contribution in [3.05, 3.63) is 67.6 Å². The molecule has 1 atom stereocenters. The molecule has 1 unspecified atom stereocenters. The van der Waals surface area contributed by atoms with Crippen LogP contribution in [0.15, 0.2) is 51.4 Å². The summed E-state index contributed by atoms with van der Waals surface area (Å²) in [5, 5.41) is 4.27. The van der Waals surface area contributed by atoms with Crippen LogP contribution in [0.25, 0.3) is 0 Å². The molecule has 0 aliphatic rings. The van der Waals surface area contributed by atoms with Crippen LogP contribution in [-0.4, -0.2) is 6.54 Å². The van der Waals surface area contributed by atoms with Crippen LogP contribution in [0.1, 0.15) is 24.1 Å². The van der Waals surface area contributed by atoms with E-state index in [0.717, 1.165) is 26.1 Å². The summed E-state index contributed by atoms with van der Waals surface area (Å²) in [5.41, 5.74) is 2.26. The van der Waals surface area contributed by atoms with Gasteiger partial charge >= 0.3 is 0 Å². The Morgan fingerprint density at radius 2 is 1.84 bits per heavy atom. The summed E-state index contributed by atoms with van der Waals surface area (Å²) in [7, 11) is 0. The highest BCUT2D eigenvalue weighted by atomic mass is 79.9. The molecule has 0 aliphatic heterocycles. The second-order valence-electron chi connectivity index (χ2n) is 4.18. The van der Waals surface area contributed by atoms with Gasteiger partial charge in [-0.2, -0.15) is 0 Å². The van der Waals surface area contributed by atoms with Crippen LogP contribution in [0.3, 0.4) is 0 Å². The van der Waals surface area contributed by atoms with Gasteiger partial charge in [-0.1, -0.05) is 68.6 Å². The van der Waals surface area contributed by atoms with Gasteiger partial charge in [0.1, 0.15) is 0 Å².